The van der Waals surface area contributed by atoms with E-state index in [2.05, 4.69) is 15.6 Å². The zero-order valence-electron chi connectivity index (χ0n) is 14.1. The number of aryl methyl sites for hydroxylation is 1. The minimum atomic E-state index is -0.391. The van der Waals surface area contributed by atoms with Gasteiger partial charge in [0.1, 0.15) is 11.6 Å². The van der Waals surface area contributed by atoms with E-state index < -0.39 is 5.82 Å². The van der Waals surface area contributed by atoms with Crippen LogP contribution in [-0.4, -0.2) is 10.9 Å². The maximum atomic E-state index is 13.6. The average molecular weight is 370 g/mol. The van der Waals surface area contributed by atoms with Crippen LogP contribution in [-0.2, 0) is 11.2 Å². The molecule has 1 amide bonds. The van der Waals surface area contributed by atoms with Crippen molar-refractivity contribution in [3.8, 4) is 0 Å². The summed E-state index contributed by atoms with van der Waals surface area (Å²) in [6, 6.07) is 15.3. The summed E-state index contributed by atoms with van der Waals surface area (Å²) in [6.45, 7) is 1.97. The van der Waals surface area contributed by atoms with Crippen molar-refractivity contribution in [3.05, 3.63) is 82.8 Å². The topological polar surface area (TPSA) is 54.0 Å². The molecule has 0 radical (unpaired) electrons. The zero-order chi connectivity index (χ0) is 18.5. The maximum Gasteiger partial charge on any atom is 0.228 e. The number of pyridine rings is 1. The Morgan fingerprint density at radius 2 is 1.96 bits per heavy atom. The van der Waals surface area contributed by atoms with Crippen molar-refractivity contribution in [1.82, 2.24) is 4.98 Å². The molecule has 0 aliphatic carbocycles. The van der Waals surface area contributed by atoms with Crippen molar-refractivity contribution in [2.45, 2.75) is 13.3 Å². The highest BCUT2D eigenvalue weighted by Gasteiger charge is 2.08. The largest absolute Gasteiger partial charge is 0.340 e. The van der Waals surface area contributed by atoms with Gasteiger partial charge in [0, 0.05) is 10.7 Å². The van der Waals surface area contributed by atoms with Crippen LogP contribution in [0, 0.1) is 12.7 Å². The highest BCUT2D eigenvalue weighted by molar-refractivity contribution is 6.30. The van der Waals surface area contributed by atoms with E-state index >= 15 is 0 Å². The van der Waals surface area contributed by atoms with E-state index in [-0.39, 0.29) is 12.3 Å². The molecule has 0 aliphatic heterocycles. The average Bonchev–Trinajstić information content (AvgIpc) is 2.62. The molecule has 0 aliphatic rings. The number of anilines is 3. The number of hydrogen-bond donors (Lipinski definition) is 2. The van der Waals surface area contributed by atoms with Crippen LogP contribution in [0.5, 0.6) is 0 Å². The quantitative estimate of drug-likeness (QED) is 0.657. The minimum Gasteiger partial charge on any atom is -0.340 e. The Labute approximate surface area is 156 Å². The summed E-state index contributed by atoms with van der Waals surface area (Å²) >= 11 is 6.01. The van der Waals surface area contributed by atoms with Gasteiger partial charge in [-0.3, -0.25) is 4.79 Å². The van der Waals surface area contributed by atoms with Crippen molar-refractivity contribution in [2.24, 2.45) is 0 Å². The first-order chi connectivity index (χ1) is 12.5. The van der Waals surface area contributed by atoms with E-state index in [1.54, 1.807) is 36.5 Å². The van der Waals surface area contributed by atoms with Crippen LogP contribution in [0.25, 0.3) is 0 Å². The van der Waals surface area contributed by atoms with Gasteiger partial charge in [0.25, 0.3) is 0 Å². The fraction of sp³-hybridized carbons (Fsp3) is 0.100. The number of amides is 1. The number of hydrogen-bond acceptors (Lipinski definition) is 3. The molecule has 6 heteroatoms. The number of halogens is 2. The summed E-state index contributed by atoms with van der Waals surface area (Å²) in [4.78, 5) is 16.3. The number of aromatic nitrogens is 1. The van der Waals surface area contributed by atoms with Gasteiger partial charge in [-0.05, 0) is 48.4 Å². The van der Waals surface area contributed by atoms with E-state index in [4.69, 9.17) is 11.6 Å². The standard InChI is InChI=1S/C20H17ClFN3O/c1-13-6-7-15(21)11-18(13)25-19-9-8-16(12-23-19)24-20(26)10-14-4-2-3-5-17(14)22/h2-9,11-12H,10H2,1H3,(H,23,25)(H,24,26). The molecule has 1 heterocycles. The van der Waals surface area contributed by atoms with Gasteiger partial charge >= 0.3 is 0 Å². The summed E-state index contributed by atoms with van der Waals surface area (Å²) in [5.74, 6) is -0.0667. The molecule has 0 fully saturated rings. The maximum absolute atomic E-state index is 13.6. The molecular formula is C20H17ClFN3O. The molecule has 0 bridgehead atoms. The Hall–Kier alpha value is -2.92. The molecule has 3 rings (SSSR count). The summed E-state index contributed by atoms with van der Waals surface area (Å²) < 4.78 is 13.6. The number of carbonyl (C=O) groups excluding carboxylic acids is 1. The monoisotopic (exact) mass is 369 g/mol. The third-order valence-electron chi connectivity index (χ3n) is 3.82. The molecule has 132 valence electrons. The van der Waals surface area contributed by atoms with E-state index in [1.165, 1.54) is 6.07 Å². The normalized spacial score (nSPS) is 10.4. The fourth-order valence-corrected chi connectivity index (χ4v) is 2.60. The number of carbonyl (C=O) groups is 1. The summed E-state index contributed by atoms with van der Waals surface area (Å²) in [7, 11) is 0. The van der Waals surface area contributed by atoms with Gasteiger partial charge in [0.2, 0.25) is 5.91 Å². The van der Waals surface area contributed by atoms with Gasteiger partial charge < -0.3 is 10.6 Å². The van der Waals surface area contributed by atoms with Crippen molar-refractivity contribution in [2.75, 3.05) is 10.6 Å². The summed E-state index contributed by atoms with van der Waals surface area (Å²) in [6.07, 6.45) is 1.51. The molecule has 4 nitrogen and oxygen atoms in total. The Kier molecular flexibility index (Phi) is 5.49. The van der Waals surface area contributed by atoms with Gasteiger partial charge in [-0.15, -0.1) is 0 Å². The third-order valence-corrected chi connectivity index (χ3v) is 4.05. The molecule has 26 heavy (non-hydrogen) atoms. The second-order valence-corrected chi connectivity index (χ2v) is 6.27. The van der Waals surface area contributed by atoms with Crippen molar-refractivity contribution in [3.63, 3.8) is 0 Å². The first-order valence-corrected chi connectivity index (χ1v) is 8.41. The lowest BCUT2D eigenvalue weighted by molar-refractivity contribution is -0.115. The predicted octanol–water partition coefficient (Wildman–Crippen LogP) is 5.11. The number of nitrogens with one attached hydrogen (secondary N) is 2. The van der Waals surface area contributed by atoms with E-state index in [0.717, 1.165) is 11.3 Å². The minimum absolute atomic E-state index is 0.0333. The van der Waals surface area contributed by atoms with Crippen molar-refractivity contribution < 1.29 is 9.18 Å². The van der Waals surface area contributed by atoms with Gasteiger partial charge in [-0.25, -0.2) is 9.37 Å². The smallest absolute Gasteiger partial charge is 0.228 e. The first-order valence-electron chi connectivity index (χ1n) is 8.04. The van der Waals surface area contributed by atoms with Crippen molar-refractivity contribution >= 4 is 34.7 Å². The fourth-order valence-electron chi connectivity index (χ4n) is 2.43. The Morgan fingerprint density at radius 3 is 2.69 bits per heavy atom. The lowest BCUT2D eigenvalue weighted by Gasteiger charge is -2.10. The number of benzene rings is 2. The molecule has 0 spiro atoms. The van der Waals surface area contributed by atoms with E-state index in [0.29, 0.717) is 22.1 Å². The second-order valence-electron chi connectivity index (χ2n) is 5.83. The number of nitrogens with zero attached hydrogens (tertiary/aromatic N) is 1. The Bertz CT molecular complexity index is 929. The molecule has 0 saturated carbocycles. The van der Waals surface area contributed by atoms with Crippen molar-refractivity contribution in [1.29, 1.82) is 0 Å². The molecule has 0 unspecified atom stereocenters. The Balaban J connectivity index is 1.63. The highest BCUT2D eigenvalue weighted by atomic mass is 35.5. The zero-order valence-corrected chi connectivity index (χ0v) is 14.8. The molecule has 0 atom stereocenters. The van der Waals surface area contributed by atoms with E-state index in [9.17, 15) is 9.18 Å². The van der Waals surface area contributed by atoms with Gasteiger partial charge in [0.15, 0.2) is 0 Å². The summed E-state index contributed by atoms with van der Waals surface area (Å²) in [5, 5.41) is 6.53. The van der Waals surface area contributed by atoms with Crippen LogP contribution in [0.2, 0.25) is 5.02 Å². The van der Waals surface area contributed by atoms with Gasteiger partial charge in [-0.2, -0.15) is 0 Å². The SMILES string of the molecule is Cc1ccc(Cl)cc1Nc1ccc(NC(=O)Cc2ccccc2F)cn1. The first kappa shape index (κ1) is 17.9. The number of rotatable bonds is 5. The lowest BCUT2D eigenvalue weighted by atomic mass is 10.1. The lowest BCUT2D eigenvalue weighted by Crippen LogP contribution is -2.15. The van der Waals surface area contributed by atoms with Gasteiger partial charge in [0.05, 0.1) is 18.3 Å². The summed E-state index contributed by atoms with van der Waals surface area (Å²) in [5.41, 5.74) is 2.80. The molecule has 3 aromatic rings. The van der Waals surface area contributed by atoms with Crippen LogP contribution in [0.4, 0.5) is 21.6 Å². The van der Waals surface area contributed by atoms with Crippen LogP contribution in [0.15, 0.2) is 60.8 Å². The molecule has 2 aromatic carbocycles. The molecule has 0 saturated heterocycles. The molecular weight excluding hydrogens is 353 g/mol. The van der Waals surface area contributed by atoms with Crippen LogP contribution in [0.3, 0.4) is 0 Å². The van der Waals surface area contributed by atoms with Crippen LogP contribution < -0.4 is 10.6 Å². The van der Waals surface area contributed by atoms with E-state index in [1.807, 2.05) is 25.1 Å². The second kappa shape index (κ2) is 7.97. The van der Waals surface area contributed by atoms with Crippen LogP contribution in [0.1, 0.15) is 11.1 Å². The van der Waals surface area contributed by atoms with Crippen LogP contribution >= 0.6 is 11.6 Å². The molecule has 2 N–H and O–H groups in total. The molecule has 1 aromatic heterocycles. The Morgan fingerprint density at radius 1 is 1.15 bits per heavy atom. The predicted molar refractivity (Wildman–Crippen MR) is 102 cm³/mol. The third kappa shape index (κ3) is 4.58. The highest BCUT2D eigenvalue weighted by Crippen LogP contribution is 2.23. The van der Waals surface area contributed by atoms with Gasteiger partial charge in [-0.1, -0.05) is 35.9 Å².